The molecule has 0 amide bonds. The van der Waals surface area contributed by atoms with Gasteiger partial charge in [0, 0.05) is 35.2 Å². The van der Waals surface area contributed by atoms with Crippen molar-refractivity contribution < 1.29 is 14.5 Å². The van der Waals surface area contributed by atoms with Crippen molar-refractivity contribution in [3.05, 3.63) is 124 Å². The Hall–Kier alpha value is -4.83. The maximum atomic E-state index is 13.4. The first-order valence-corrected chi connectivity index (χ1v) is 12.2. The van der Waals surface area contributed by atoms with Crippen molar-refractivity contribution in [2.45, 2.75) is 19.6 Å². The molecule has 0 saturated heterocycles. The van der Waals surface area contributed by atoms with Crippen LogP contribution in [0.4, 0.5) is 5.69 Å². The standard InChI is InChI=1S/C28H23N5O4S/c1-18-24(27(34)37-17-19-8-4-2-5-9-19)26(30-28(38)29-18)23-16-32(21-10-6-3-7-11-21)31-25(23)20-12-14-22(15-13-20)33(35)36/h2-16,26H,17H2,1H3,(H2,29,30,38). The number of rotatable bonds is 7. The zero-order chi connectivity index (χ0) is 26.6. The van der Waals surface area contributed by atoms with Crippen molar-refractivity contribution in [2.24, 2.45) is 0 Å². The van der Waals surface area contributed by atoms with Crippen LogP contribution in [0.3, 0.4) is 0 Å². The second kappa shape index (κ2) is 10.7. The number of nitro benzene ring substituents is 1. The van der Waals surface area contributed by atoms with Gasteiger partial charge < -0.3 is 15.4 Å². The molecule has 0 bridgehead atoms. The third-order valence-electron chi connectivity index (χ3n) is 6.13. The SMILES string of the molecule is CC1=C(C(=O)OCc2ccccc2)C(c2cn(-c3ccccc3)nc2-c2ccc([N+](=O)[O-])cc2)NC(=S)N1. The average Bonchev–Trinajstić information content (AvgIpc) is 3.38. The van der Waals surface area contributed by atoms with Crippen LogP contribution in [0.15, 0.2) is 102 Å². The Morgan fingerprint density at radius 3 is 2.37 bits per heavy atom. The number of aromatic nitrogens is 2. The van der Waals surface area contributed by atoms with E-state index in [0.29, 0.717) is 33.2 Å². The molecule has 1 unspecified atom stereocenters. The van der Waals surface area contributed by atoms with Gasteiger partial charge in [-0.05, 0) is 49.0 Å². The summed E-state index contributed by atoms with van der Waals surface area (Å²) < 4.78 is 7.39. The van der Waals surface area contributed by atoms with E-state index in [4.69, 9.17) is 22.1 Å². The van der Waals surface area contributed by atoms with Crippen LogP contribution < -0.4 is 10.6 Å². The fourth-order valence-electron chi connectivity index (χ4n) is 4.28. The first-order chi connectivity index (χ1) is 18.4. The summed E-state index contributed by atoms with van der Waals surface area (Å²) >= 11 is 5.44. The van der Waals surface area contributed by atoms with Gasteiger partial charge in [-0.3, -0.25) is 10.1 Å². The van der Waals surface area contributed by atoms with Gasteiger partial charge in [0.05, 0.1) is 27.9 Å². The van der Waals surface area contributed by atoms with Crippen LogP contribution in [-0.2, 0) is 16.1 Å². The molecule has 0 radical (unpaired) electrons. The Labute approximate surface area is 223 Å². The maximum Gasteiger partial charge on any atom is 0.338 e. The summed E-state index contributed by atoms with van der Waals surface area (Å²) in [4.78, 5) is 24.2. The topological polar surface area (TPSA) is 111 Å². The van der Waals surface area contributed by atoms with Crippen LogP contribution in [0.2, 0.25) is 0 Å². The van der Waals surface area contributed by atoms with Gasteiger partial charge >= 0.3 is 5.97 Å². The van der Waals surface area contributed by atoms with Gasteiger partial charge in [0.15, 0.2) is 5.11 Å². The Kier molecular flexibility index (Phi) is 6.96. The molecular formula is C28H23N5O4S. The highest BCUT2D eigenvalue weighted by Gasteiger charge is 2.34. The van der Waals surface area contributed by atoms with Gasteiger partial charge in [-0.25, -0.2) is 9.48 Å². The number of allylic oxidation sites excluding steroid dienone is 1. The number of non-ortho nitro benzene ring substituents is 1. The number of carbonyl (C=O) groups is 1. The molecule has 2 heterocycles. The Bertz CT molecular complexity index is 1530. The van der Waals surface area contributed by atoms with E-state index in [-0.39, 0.29) is 12.3 Å². The monoisotopic (exact) mass is 525 g/mol. The van der Waals surface area contributed by atoms with Crippen LogP contribution >= 0.6 is 12.2 Å². The highest BCUT2D eigenvalue weighted by Crippen LogP contribution is 2.35. The molecule has 38 heavy (non-hydrogen) atoms. The van der Waals surface area contributed by atoms with Gasteiger partial charge in [0.25, 0.3) is 5.69 Å². The van der Waals surface area contributed by atoms with Gasteiger partial charge in [-0.1, -0.05) is 48.5 Å². The lowest BCUT2D eigenvalue weighted by molar-refractivity contribution is -0.384. The number of nitrogens with zero attached hydrogens (tertiary/aromatic N) is 3. The van der Waals surface area contributed by atoms with E-state index in [1.165, 1.54) is 12.1 Å². The Balaban J connectivity index is 1.58. The van der Waals surface area contributed by atoms with E-state index in [1.54, 1.807) is 23.7 Å². The molecule has 2 N–H and O–H groups in total. The fourth-order valence-corrected chi connectivity index (χ4v) is 4.55. The molecule has 0 spiro atoms. The molecular weight excluding hydrogens is 502 g/mol. The molecule has 0 saturated carbocycles. The highest BCUT2D eigenvalue weighted by molar-refractivity contribution is 7.80. The summed E-state index contributed by atoms with van der Waals surface area (Å²) in [7, 11) is 0. The summed E-state index contributed by atoms with van der Waals surface area (Å²) in [6.07, 6.45) is 1.83. The molecule has 1 aliphatic heterocycles. The van der Waals surface area contributed by atoms with Crippen molar-refractivity contribution in [2.75, 3.05) is 0 Å². The number of hydrogen-bond donors (Lipinski definition) is 2. The van der Waals surface area contributed by atoms with Crippen molar-refractivity contribution in [3.8, 4) is 16.9 Å². The van der Waals surface area contributed by atoms with E-state index in [9.17, 15) is 14.9 Å². The van der Waals surface area contributed by atoms with Crippen molar-refractivity contribution in [3.63, 3.8) is 0 Å². The molecule has 190 valence electrons. The summed E-state index contributed by atoms with van der Waals surface area (Å²) in [6, 6.07) is 24.4. The molecule has 1 aromatic heterocycles. The second-order valence-electron chi connectivity index (χ2n) is 8.65. The van der Waals surface area contributed by atoms with Crippen LogP contribution in [0, 0.1) is 10.1 Å². The minimum Gasteiger partial charge on any atom is -0.457 e. The number of esters is 1. The number of nitro groups is 1. The number of benzene rings is 3. The first-order valence-electron chi connectivity index (χ1n) is 11.8. The van der Waals surface area contributed by atoms with E-state index in [0.717, 1.165) is 11.3 Å². The van der Waals surface area contributed by atoms with E-state index >= 15 is 0 Å². The number of para-hydroxylation sites is 1. The van der Waals surface area contributed by atoms with Crippen LogP contribution in [0.1, 0.15) is 24.1 Å². The predicted octanol–water partition coefficient (Wildman–Crippen LogP) is 4.98. The predicted molar refractivity (Wildman–Crippen MR) is 146 cm³/mol. The average molecular weight is 526 g/mol. The Morgan fingerprint density at radius 1 is 1.05 bits per heavy atom. The molecule has 9 nitrogen and oxygen atoms in total. The summed E-state index contributed by atoms with van der Waals surface area (Å²) in [5.74, 6) is -0.499. The fraction of sp³-hybridized carbons (Fsp3) is 0.107. The van der Waals surface area contributed by atoms with Gasteiger partial charge in [0.2, 0.25) is 0 Å². The van der Waals surface area contributed by atoms with Gasteiger partial charge in [-0.2, -0.15) is 5.10 Å². The van der Waals surface area contributed by atoms with Crippen LogP contribution in [-0.4, -0.2) is 25.8 Å². The lowest BCUT2D eigenvalue weighted by Crippen LogP contribution is -2.45. The largest absolute Gasteiger partial charge is 0.457 e. The van der Waals surface area contributed by atoms with E-state index in [2.05, 4.69) is 10.6 Å². The smallest absolute Gasteiger partial charge is 0.338 e. The van der Waals surface area contributed by atoms with Gasteiger partial charge in [-0.15, -0.1) is 0 Å². The zero-order valence-corrected chi connectivity index (χ0v) is 21.1. The van der Waals surface area contributed by atoms with Crippen LogP contribution in [0.5, 0.6) is 0 Å². The molecule has 1 atom stereocenters. The third-order valence-corrected chi connectivity index (χ3v) is 6.35. The first kappa shape index (κ1) is 24.8. The number of hydrogen-bond acceptors (Lipinski definition) is 6. The lowest BCUT2D eigenvalue weighted by Gasteiger charge is -2.29. The molecule has 0 aliphatic carbocycles. The molecule has 1 aliphatic rings. The van der Waals surface area contributed by atoms with Crippen molar-refractivity contribution in [1.82, 2.24) is 20.4 Å². The molecule has 5 rings (SSSR count). The maximum absolute atomic E-state index is 13.4. The number of thiocarbonyl (C=S) groups is 1. The second-order valence-corrected chi connectivity index (χ2v) is 9.06. The third kappa shape index (κ3) is 5.16. The molecule has 0 fully saturated rings. The molecule has 10 heteroatoms. The zero-order valence-electron chi connectivity index (χ0n) is 20.3. The minimum absolute atomic E-state index is 0.0279. The molecule has 3 aromatic carbocycles. The van der Waals surface area contributed by atoms with Gasteiger partial charge in [0.1, 0.15) is 6.61 Å². The normalized spacial score (nSPS) is 15.0. The quantitative estimate of drug-likeness (QED) is 0.150. The Morgan fingerprint density at radius 2 is 1.71 bits per heavy atom. The van der Waals surface area contributed by atoms with Crippen molar-refractivity contribution >= 4 is 29.0 Å². The summed E-state index contributed by atoms with van der Waals surface area (Å²) in [5, 5.41) is 22.6. The lowest BCUT2D eigenvalue weighted by atomic mass is 9.94. The van der Waals surface area contributed by atoms with Crippen molar-refractivity contribution in [1.29, 1.82) is 0 Å². The van der Waals surface area contributed by atoms with E-state index in [1.807, 2.05) is 66.9 Å². The number of nitrogens with one attached hydrogen (secondary N) is 2. The number of carbonyl (C=O) groups excluding carboxylic acids is 1. The van der Waals surface area contributed by atoms with Crippen LogP contribution in [0.25, 0.3) is 16.9 Å². The summed E-state index contributed by atoms with van der Waals surface area (Å²) in [5.41, 5.74) is 4.45. The highest BCUT2D eigenvalue weighted by atomic mass is 32.1. The molecule has 4 aromatic rings. The number of ether oxygens (including phenoxy) is 1. The minimum atomic E-state index is -0.672. The van der Waals surface area contributed by atoms with E-state index < -0.39 is 16.9 Å². The summed E-state index contributed by atoms with van der Waals surface area (Å²) in [6.45, 7) is 1.89.